The number of sulfonamides is 1. The Labute approximate surface area is 139 Å². The molecule has 2 aromatic heterocycles. The van der Waals surface area contributed by atoms with E-state index in [0.717, 1.165) is 0 Å². The van der Waals surface area contributed by atoms with E-state index in [9.17, 15) is 13.2 Å². The summed E-state index contributed by atoms with van der Waals surface area (Å²) < 4.78 is 32.4. The molecule has 2 rings (SSSR count). The summed E-state index contributed by atoms with van der Waals surface area (Å²) >= 11 is 5.72. The van der Waals surface area contributed by atoms with Crippen LogP contribution in [-0.2, 0) is 14.8 Å². The van der Waals surface area contributed by atoms with E-state index in [4.69, 9.17) is 16.3 Å². The molecule has 0 aliphatic heterocycles. The number of carbonyl (C=O) groups is 1. The predicted octanol–water partition coefficient (Wildman–Crippen LogP) is 2.66. The quantitative estimate of drug-likeness (QED) is 0.801. The van der Waals surface area contributed by atoms with Crippen molar-refractivity contribution in [2.75, 3.05) is 11.3 Å². The molecule has 0 bridgehead atoms. The minimum Gasteiger partial charge on any atom is -0.461 e. The molecule has 0 aliphatic carbocycles. The van der Waals surface area contributed by atoms with Crippen molar-refractivity contribution < 1.29 is 17.9 Å². The van der Waals surface area contributed by atoms with Crippen LogP contribution in [0.2, 0.25) is 5.02 Å². The highest BCUT2D eigenvalue weighted by Gasteiger charge is 2.27. The highest BCUT2D eigenvalue weighted by Crippen LogP contribution is 2.25. The summed E-state index contributed by atoms with van der Waals surface area (Å²) in [7, 11) is -3.91. The van der Waals surface area contributed by atoms with Gasteiger partial charge in [0.25, 0.3) is 10.0 Å². The molecule has 0 saturated carbocycles. The van der Waals surface area contributed by atoms with E-state index in [1.165, 1.54) is 18.3 Å². The summed E-state index contributed by atoms with van der Waals surface area (Å²) in [5, 5.41) is 0.395. The van der Waals surface area contributed by atoms with Crippen LogP contribution >= 0.6 is 11.6 Å². The van der Waals surface area contributed by atoms with Crippen LogP contribution in [0.4, 0.5) is 5.82 Å². The molecule has 0 radical (unpaired) electrons. The Balaban J connectivity index is 2.40. The first-order valence-corrected chi connectivity index (χ1v) is 8.63. The van der Waals surface area contributed by atoms with Gasteiger partial charge in [-0.25, -0.2) is 18.2 Å². The van der Waals surface area contributed by atoms with Gasteiger partial charge in [-0.15, -0.1) is 0 Å². The van der Waals surface area contributed by atoms with Crippen molar-refractivity contribution in [1.29, 1.82) is 0 Å². The molecule has 0 unspecified atom stereocenters. The Kier molecular flexibility index (Phi) is 4.96. The fraction of sp³-hybridized carbons (Fsp3) is 0.286. The first kappa shape index (κ1) is 17.3. The fourth-order valence-corrected chi connectivity index (χ4v) is 3.74. The van der Waals surface area contributed by atoms with Crippen LogP contribution in [-0.4, -0.2) is 31.0 Å². The molecule has 0 amide bonds. The predicted molar refractivity (Wildman–Crippen MR) is 86.3 cm³/mol. The number of aromatic nitrogens is 2. The number of pyridine rings is 1. The standard InChI is InChI=1S/C14H16ClN3O4S/c1-4-22-14(19)12-8(2)13(9(3)17-12)23(20,21)18-11-6-5-10(15)7-16-11/h5-7,17H,4H2,1-3H3,(H,16,18). The van der Waals surface area contributed by atoms with E-state index in [0.29, 0.717) is 16.3 Å². The molecular formula is C14H16ClN3O4S. The number of rotatable bonds is 5. The van der Waals surface area contributed by atoms with E-state index in [1.807, 2.05) is 0 Å². The Hall–Kier alpha value is -2.06. The third kappa shape index (κ3) is 3.65. The van der Waals surface area contributed by atoms with Crippen LogP contribution in [0.25, 0.3) is 0 Å². The average molecular weight is 358 g/mol. The molecule has 2 N–H and O–H groups in total. The number of nitrogens with one attached hydrogen (secondary N) is 2. The summed E-state index contributed by atoms with van der Waals surface area (Å²) in [5.74, 6) is -0.466. The molecule has 0 saturated heterocycles. The first-order chi connectivity index (χ1) is 10.8. The molecule has 0 aromatic carbocycles. The van der Waals surface area contributed by atoms with Gasteiger partial charge in [-0.2, -0.15) is 0 Å². The first-order valence-electron chi connectivity index (χ1n) is 6.77. The Morgan fingerprint density at radius 2 is 2.09 bits per heavy atom. The molecule has 124 valence electrons. The SMILES string of the molecule is CCOC(=O)c1[nH]c(C)c(S(=O)(=O)Nc2ccc(Cl)cn2)c1C. The molecule has 7 nitrogen and oxygen atoms in total. The van der Waals surface area contributed by atoms with Gasteiger partial charge in [-0.3, -0.25) is 4.72 Å². The zero-order valence-electron chi connectivity index (χ0n) is 12.8. The van der Waals surface area contributed by atoms with E-state index in [-0.39, 0.29) is 23.0 Å². The maximum absolute atomic E-state index is 12.6. The number of aromatic amines is 1. The van der Waals surface area contributed by atoms with Crippen molar-refractivity contribution in [2.45, 2.75) is 25.7 Å². The molecule has 0 aliphatic rings. The van der Waals surface area contributed by atoms with Crippen LogP contribution in [0.1, 0.15) is 28.7 Å². The van der Waals surface area contributed by atoms with Crippen LogP contribution in [0, 0.1) is 13.8 Å². The number of anilines is 1. The number of aryl methyl sites for hydroxylation is 1. The normalized spacial score (nSPS) is 11.3. The number of halogens is 1. The van der Waals surface area contributed by atoms with Gasteiger partial charge in [0, 0.05) is 17.5 Å². The molecule has 2 heterocycles. The van der Waals surface area contributed by atoms with Gasteiger partial charge in [0.05, 0.1) is 11.6 Å². The monoisotopic (exact) mass is 357 g/mol. The largest absolute Gasteiger partial charge is 0.461 e. The number of nitrogens with zero attached hydrogens (tertiary/aromatic N) is 1. The number of carbonyl (C=O) groups excluding carboxylic acids is 1. The van der Waals surface area contributed by atoms with Crippen molar-refractivity contribution in [2.24, 2.45) is 0 Å². The Morgan fingerprint density at radius 1 is 1.39 bits per heavy atom. The lowest BCUT2D eigenvalue weighted by molar-refractivity contribution is 0.0519. The summed E-state index contributed by atoms with van der Waals surface area (Å²) in [6.45, 7) is 4.99. The van der Waals surface area contributed by atoms with Gasteiger partial charge in [-0.1, -0.05) is 11.6 Å². The highest BCUT2D eigenvalue weighted by atomic mass is 35.5. The zero-order valence-corrected chi connectivity index (χ0v) is 14.4. The van der Waals surface area contributed by atoms with Crippen molar-refractivity contribution >= 4 is 33.4 Å². The smallest absolute Gasteiger partial charge is 0.355 e. The second kappa shape index (κ2) is 6.59. The zero-order chi connectivity index (χ0) is 17.2. The van der Waals surface area contributed by atoms with E-state index in [1.54, 1.807) is 20.8 Å². The summed E-state index contributed by atoms with van der Waals surface area (Å²) in [5.41, 5.74) is 0.753. The number of H-pyrrole nitrogens is 1. The summed E-state index contributed by atoms with van der Waals surface area (Å²) in [6, 6.07) is 2.97. The number of hydrogen-bond acceptors (Lipinski definition) is 5. The van der Waals surface area contributed by atoms with Crippen molar-refractivity contribution in [3.63, 3.8) is 0 Å². The Morgan fingerprint density at radius 3 is 2.65 bits per heavy atom. The molecule has 23 heavy (non-hydrogen) atoms. The van der Waals surface area contributed by atoms with Crippen LogP contribution in [0.3, 0.4) is 0 Å². The van der Waals surface area contributed by atoms with E-state index in [2.05, 4.69) is 14.7 Å². The lowest BCUT2D eigenvalue weighted by atomic mass is 10.2. The number of ether oxygens (including phenoxy) is 1. The Bertz CT molecular complexity index is 828. The van der Waals surface area contributed by atoms with Crippen LogP contribution < -0.4 is 4.72 Å². The maximum atomic E-state index is 12.6. The number of esters is 1. The third-order valence-electron chi connectivity index (χ3n) is 3.08. The molecule has 0 fully saturated rings. The van der Waals surface area contributed by atoms with Gasteiger partial charge in [-0.05, 0) is 32.9 Å². The van der Waals surface area contributed by atoms with Gasteiger partial charge in [0.1, 0.15) is 16.4 Å². The molecule has 2 aromatic rings. The van der Waals surface area contributed by atoms with Gasteiger partial charge >= 0.3 is 5.97 Å². The fourth-order valence-electron chi connectivity index (χ4n) is 2.17. The second-order valence-electron chi connectivity index (χ2n) is 4.77. The van der Waals surface area contributed by atoms with Crippen LogP contribution in [0.5, 0.6) is 0 Å². The molecular weight excluding hydrogens is 342 g/mol. The van der Waals surface area contributed by atoms with Gasteiger partial charge in [0.15, 0.2) is 0 Å². The third-order valence-corrected chi connectivity index (χ3v) is 4.93. The minimum atomic E-state index is -3.91. The second-order valence-corrected chi connectivity index (χ2v) is 6.82. The van der Waals surface area contributed by atoms with Crippen molar-refractivity contribution in [3.8, 4) is 0 Å². The lowest BCUT2D eigenvalue weighted by Crippen LogP contribution is -2.15. The number of hydrogen-bond donors (Lipinski definition) is 2. The average Bonchev–Trinajstić information content (AvgIpc) is 2.77. The van der Waals surface area contributed by atoms with E-state index >= 15 is 0 Å². The van der Waals surface area contributed by atoms with Crippen molar-refractivity contribution in [3.05, 3.63) is 40.3 Å². The van der Waals surface area contributed by atoms with Crippen LogP contribution in [0.15, 0.2) is 23.2 Å². The molecule has 9 heteroatoms. The van der Waals surface area contributed by atoms with Gasteiger partial charge < -0.3 is 9.72 Å². The highest BCUT2D eigenvalue weighted by molar-refractivity contribution is 7.92. The minimum absolute atomic E-state index is 0.00250. The topological polar surface area (TPSA) is 101 Å². The summed E-state index contributed by atoms with van der Waals surface area (Å²) in [4.78, 5) is 18.5. The van der Waals surface area contributed by atoms with Crippen molar-refractivity contribution in [1.82, 2.24) is 9.97 Å². The van der Waals surface area contributed by atoms with Gasteiger partial charge in [0.2, 0.25) is 0 Å². The summed E-state index contributed by atoms with van der Waals surface area (Å²) in [6.07, 6.45) is 1.33. The van der Waals surface area contributed by atoms with E-state index < -0.39 is 16.0 Å². The maximum Gasteiger partial charge on any atom is 0.355 e. The molecule has 0 atom stereocenters. The molecule has 0 spiro atoms. The lowest BCUT2D eigenvalue weighted by Gasteiger charge is -2.08.